The zero-order valence-corrected chi connectivity index (χ0v) is 16.2. The van der Waals surface area contributed by atoms with E-state index in [0.717, 1.165) is 6.20 Å². The fourth-order valence-electron chi connectivity index (χ4n) is 3.28. The van der Waals surface area contributed by atoms with Crippen molar-refractivity contribution in [1.82, 2.24) is 4.98 Å². The first kappa shape index (κ1) is 20.9. The molecule has 29 heavy (non-hydrogen) atoms. The van der Waals surface area contributed by atoms with Gasteiger partial charge in [-0.2, -0.15) is 18.4 Å². The van der Waals surface area contributed by atoms with Crippen molar-refractivity contribution >= 4 is 22.5 Å². The van der Waals surface area contributed by atoms with Crippen LogP contribution < -0.4 is 4.74 Å². The minimum Gasteiger partial charge on any atom is -0.497 e. The van der Waals surface area contributed by atoms with Crippen LogP contribution in [0.5, 0.6) is 5.75 Å². The van der Waals surface area contributed by atoms with Crippen molar-refractivity contribution in [2.45, 2.75) is 24.6 Å². The second kappa shape index (κ2) is 7.54. The number of nitrogens with zero attached hydrogens (tertiary/aromatic N) is 2. The highest BCUT2D eigenvalue weighted by Crippen LogP contribution is 2.50. The van der Waals surface area contributed by atoms with Crippen LogP contribution in [0.1, 0.15) is 29.5 Å². The molecule has 4 nitrogen and oxygen atoms in total. The molecule has 0 saturated carbocycles. The Morgan fingerprint density at radius 3 is 2.48 bits per heavy atom. The lowest BCUT2D eigenvalue weighted by Crippen LogP contribution is -2.46. The smallest absolute Gasteiger partial charge is 0.422 e. The highest BCUT2D eigenvalue weighted by molar-refractivity contribution is 6.31. The van der Waals surface area contributed by atoms with Crippen LogP contribution in [-0.2, 0) is 5.60 Å². The van der Waals surface area contributed by atoms with Crippen LogP contribution in [0, 0.1) is 11.3 Å². The summed E-state index contributed by atoms with van der Waals surface area (Å²) in [7, 11) is 1.41. The van der Waals surface area contributed by atoms with Crippen LogP contribution in [0.25, 0.3) is 10.9 Å². The van der Waals surface area contributed by atoms with E-state index in [1.807, 2.05) is 6.07 Å². The maximum absolute atomic E-state index is 14.2. The average Bonchev–Trinajstić information content (AvgIpc) is 2.70. The van der Waals surface area contributed by atoms with Crippen LogP contribution in [0.2, 0.25) is 5.02 Å². The fourth-order valence-corrected chi connectivity index (χ4v) is 3.61. The number of pyridine rings is 1. The van der Waals surface area contributed by atoms with Crippen LogP contribution in [0.4, 0.5) is 13.2 Å². The second-order valence-electron chi connectivity index (χ2n) is 6.62. The minimum atomic E-state index is -5.02. The van der Waals surface area contributed by atoms with Crippen molar-refractivity contribution < 1.29 is 23.0 Å². The Balaban J connectivity index is 2.19. The van der Waals surface area contributed by atoms with Gasteiger partial charge in [0.25, 0.3) is 0 Å². The van der Waals surface area contributed by atoms with E-state index in [9.17, 15) is 18.3 Å². The monoisotopic (exact) mass is 420 g/mol. The first-order chi connectivity index (χ1) is 13.6. The molecule has 0 bridgehead atoms. The summed E-state index contributed by atoms with van der Waals surface area (Å²) in [5, 5.41) is 20.4. The number of rotatable bonds is 4. The zero-order valence-electron chi connectivity index (χ0n) is 15.5. The van der Waals surface area contributed by atoms with E-state index in [4.69, 9.17) is 21.6 Å². The molecule has 8 heteroatoms. The standard InChI is InChI=1S/C21H16ClF3N2O2/c1-12(17-5-4-16(29-2)9-18(17)22)20(28,21(23,24)25)15-8-14-7-13(10-26)3-6-19(14)27-11-15/h3-9,11-12,28H,1-2H3. The number of hydrogen-bond acceptors (Lipinski definition) is 4. The largest absolute Gasteiger partial charge is 0.497 e. The normalized spacial score (nSPS) is 14.8. The number of aromatic nitrogens is 1. The van der Waals surface area contributed by atoms with Crippen LogP contribution in [0.15, 0.2) is 48.7 Å². The molecule has 0 aliphatic rings. The minimum absolute atomic E-state index is 0.0417. The number of benzene rings is 2. The van der Waals surface area contributed by atoms with Gasteiger partial charge in [-0.3, -0.25) is 4.98 Å². The number of fused-ring (bicyclic) bond motifs is 1. The molecule has 0 aliphatic heterocycles. The molecule has 0 saturated heterocycles. The molecule has 2 unspecified atom stereocenters. The third-order valence-electron chi connectivity index (χ3n) is 4.98. The third-order valence-corrected chi connectivity index (χ3v) is 5.31. The van der Waals surface area contributed by atoms with Gasteiger partial charge >= 0.3 is 6.18 Å². The van der Waals surface area contributed by atoms with E-state index in [0.29, 0.717) is 16.7 Å². The van der Waals surface area contributed by atoms with Gasteiger partial charge in [-0.25, -0.2) is 0 Å². The predicted molar refractivity (Wildman–Crippen MR) is 103 cm³/mol. The lowest BCUT2D eigenvalue weighted by Gasteiger charge is -2.36. The van der Waals surface area contributed by atoms with Gasteiger partial charge in [0.1, 0.15) is 5.75 Å². The van der Waals surface area contributed by atoms with E-state index in [-0.39, 0.29) is 16.1 Å². The Hall–Kier alpha value is -2.82. The van der Waals surface area contributed by atoms with Crippen LogP contribution in [0.3, 0.4) is 0 Å². The highest BCUT2D eigenvalue weighted by Gasteiger charge is 2.59. The van der Waals surface area contributed by atoms with Crippen molar-refractivity contribution in [3.8, 4) is 11.8 Å². The summed E-state index contributed by atoms with van der Waals surface area (Å²) in [4.78, 5) is 4.04. The van der Waals surface area contributed by atoms with Gasteiger partial charge < -0.3 is 9.84 Å². The molecule has 0 spiro atoms. The van der Waals surface area contributed by atoms with Gasteiger partial charge in [0.05, 0.1) is 24.3 Å². The van der Waals surface area contributed by atoms with Crippen molar-refractivity contribution in [3.05, 3.63) is 70.4 Å². The summed E-state index contributed by atoms with van der Waals surface area (Å²) >= 11 is 6.17. The Morgan fingerprint density at radius 1 is 1.17 bits per heavy atom. The van der Waals surface area contributed by atoms with E-state index in [2.05, 4.69) is 4.98 Å². The van der Waals surface area contributed by atoms with Gasteiger partial charge in [0.2, 0.25) is 0 Å². The second-order valence-corrected chi connectivity index (χ2v) is 7.02. The molecule has 150 valence electrons. The molecule has 1 heterocycles. The lowest BCUT2D eigenvalue weighted by molar-refractivity contribution is -0.274. The molecule has 0 amide bonds. The quantitative estimate of drug-likeness (QED) is 0.620. The molecule has 2 atom stereocenters. The van der Waals surface area contributed by atoms with Gasteiger partial charge in [0.15, 0.2) is 5.60 Å². The number of halogens is 4. The summed E-state index contributed by atoms with van der Waals surface area (Å²) in [6.45, 7) is 1.25. The predicted octanol–water partition coefficient (Wildman–Crippen LogP) is 5.32. The zero-order chi connectivity index (χ0) is 21.4. The third kappa shape index (κ3) is 3.61. The molecular formula is C21H16ClF3N2O2. The number of aliphatic hydroxyl groups is 1. The van der Waals surface area contributed by atoms with Gasteiger partial charge in [-0.15, -0.1) is 0 Å². The van der Waals surface area contributed by atoms with Gasteiger partial charge in [-0.1, -0.05) is 24.6 Å². The van der Waals surface area contributed by atoms with E-state index in [1.165, 1.54) is 56.5 Å². The molecular weight excluding hydrogens is 405 g/mol. The Labute approximate surface area is 170 Å². The molecule has 2 aromatic carbocycles. The maximum Gasteiger partial charge on any atom is 0.422 e. The SMILES string of the molecule is COc1ccc(C(C)C(O)(c2cnc3ccc(C#N)cc3c2)C(F)(F)F)c(Cl)c1. The van der Waals surface area contributed by atoms with Gasteiger partial charge in [0, 0.05) is 28.1 Å². The lowest BCUT2D eigenvalue weighted by atomic mass is 9.78. The van der Waals surface area contributed by atoms with Crippen LogP contribution in [-0.4, -0.2) is 23.4 Å². The summed E-state index contributed by atoms with van der Waals surface area (Å²) in [5.41, 5.74) is -2.90. The first-order valence-electron chi connectivity index (χ1n) is 8.54. The first-order valence-corrected chi connectivity index (χ1v) is 8.92. The summed E-state index contributed by atoms with van der Waals surface area (Å²) in [5.74, 6) is -1.06. The molecule has 3 rings (SSSR count). The number of nitriles is 1. The topological polar surface area (TPSA) is 66.1 Å². The van der Waals surface area contributed by atoms with Crippen molar-refractivity contribution in [2.75, 3.05) is 7.11 Å². The fraction of sp³-hybridized carbons (Fsp3) is 0.238. The summed E-state index contributed by atoms with van der Waals surface area (Å²) in [6, 6.07) is 11.9. The van der Waals surface area contributed by atoms with Crippen molar-refractivity contribution in [3.63, 3.8) is 0 Å². The van der Waals surface area contributed by atoms with Gasteiger partial charge in [-0.05, 0) is 42.0 Å². The summed E-state index contributed by atoms with van der Waals surface area (Å²) < 4.78 is 47.5. The van der Waals surface area contributed by atoms with E-state index >= 15 is 0 Å². The number of ether oxygens (including phenoxy) is 1. The highest BCUT2D eigenvalue weighted by atomic mass is 35.5. The Kier molecular flexibility index (Phi) is 5.44. The molecule has 0 aliphatic carbocycles. The van der Waals surface area contributed by atoms with E-state index in [1.54, 1.807) is 0 Å². The van der Waals surface area contributed by atoms with E-state index < -0.39 is 23.3 Å². The number of methoxy groups -OCH3 is 1. The maximum atomic E-state index is 14.2. The summed E-state index contributed by atoms with van der Waals surface area (Å²) in [6.07, 6.45) is -4.02. The molecule has 1 aromatic heterocycles. The van der Waals surface area contributed by atoms with Crippen molar-refractivity contribution in [1.29, 1.82) is 5.26 Å². The number of hydrogen-bond donors (Lipinski definition) is 1. The average molecular weight is 421 g/mol. The molecule has 0 fully saturated rings. The Bertz CT molecular complexity index is 1110. The van der Waals surface area contributed by atoms with Crippen LogP contribution >= 0.6 is 11.6 Å². The Morgan fingerprint density at radius 2 is 1.90 bits per heavy atom. The molecule has 1 N–H and O–H groups in total. The molecule has 0 radical (unpaired) electrons. The molecule has 3 aromatic rings. The van der Waals surface area contributed by atoms with Crippen molar-refractivity contribution in [2.24, 2.45) is 0 Å². The number of alkyl halides is 3.